The van der Waals surface area contributed by atoms with E-state index in [-0.39, 0.29) is 31.0 Å². The van der Waals surface area contributed by atoms with Gasteiger partial charge in [0.05, 0.1) is 13.5 Å². The van der Waals surface area contributed by atoms with Crippen LogP contribution in [-0.4, -0.2) is 36.7 Å². The minimum absolute atomic E-state index is 0.00230. The van der Waals surface area contributed by atoms with Crippen LogP contribution in [0.2, 0.25) is 0 Å². The highest BCUT2D eigenvalue weighted by Gasteiger charge is 2.34. The van der Waals surface area contributed by atoms with Crippen molar-refractivity contribution in [3.63, 3.8) is 0 Å². The summed E-state index contributed by atoms with van der Waals surface area (Å²) in [7, 11) is 1.37. The fourth-order valence-corrected chi connectivity index (χ4v) is 4.94. The van der Waals surface area contributed by atoms with Gasteiger partial charge in [0.25, 0.3) is 0 Å². The van der Waals surface area contributed by atoms with E-state index in [9.17, 15) is 9.59 Å². The number of benzene rings is 3. The first-order chi connectivity index (χ1) is 15.7. The third kappa shape index (κ3) is 3.64. The van der Waals surface area contributed by atoms with Crippen LogP contribution in [0.25, 0.3) is 11.1 Å². The van der Waals surface area contributed by atoms with Gasteiger partial charge in [-0.3, -0.25) is 9.69 Å². The molecule has 0 fully saturated rings. The van der Waals surface area contributed by atoms with Crippen molar-refractivity contribution < 1.29 is 19.1 Å². The molecule has 0 aromatic heterocycles. The van der Waals surface area contributed by atoms with E-state index in [4.69, 9.17) is 9.47 Å². The van der Waals surface area contributed by atoms with Crippen molar-refractivity contribution in [2.75, 3.05) is 13.7 Å². The van der Waals surface area contributed by atoms with Crippen molar-refractivity contribution in [1.82, 2.24) is 4.90 Å². The first-order valence-electron chi connectivity index (χ1n) is 10.9. The Balaban J connectivity index is 1.36. The number of carbonyl (C=O) groups is 2. The molecule has 1 heterocycles. The summed E-state index contributed by atoms with van der Waals surface area (Å²) < 4.78 is 10.7. The number of amides is 1. The molecule has 5 nitrogen and oxygen atoms in total. The fraction of sp³-hybridized carbons (Fsp3) is 0.259. The Kier molecular flexibility index (Phi) is 5.39. The number of methoxy groups -OCH3 is 1. The maximum atomic E-state index is 13.2. The zero-order chi connectivity index (χ0) is 22.1. The Morgan fingerprint density at radius 2 is 1.47 bits per heavy atom. The highest BCUT2D eigenvalue weighted by molar-refractivity contribution is 5.79. The van der Waals surface area contributed by atoms with E-state index in [0.717, 1.165) is 11.1 Å². The topological polar surface area (TPSA) is 55.8 Å². The molecule has 0 radical (unpaired) electrons. The minimum Gasteiger partial charge on any atom is -0.469 e. The highest BCUT2D eigenvalue weighted by atomic mass is 16.6. The summed E-state index contributed by atoms with van der Waals surface area (Å²) in [4.78, 5) is 26.9. The molecule has 0 N–H and O–H groups in total. The molecule has 0 saturated carbocycles. The quantitative estimate of drug-likeness (QED) is 0.554. The predicted molar refractivity (Wildman–Crippen MR) is 121 cm³/mol. The monoisotopic (exact) mass is 427 g/mol. The van der Waals surface area contributed by atoms with Gasteiger partial charge in [0.15, 0.2) is 0 Å². The molecule has 1 unspecified atom stereocenters. The maximum Gasteiger partial charge on any atom is 0.410 e. The zero-order valence-corrected chi connectivity index (χ0v) is 18.0. The van der Waals surface area contributed by atoms with Gasteiger partial charge >= 0.3 is 12.1 Å². The van der Waals surface area contributed by atoms with E-state index in [1.807, 2.05) is 42.5 Å². The molecule has 1 amide bonds. The molecular weight excluding hydrogens is 402 g/mol. The highest BCUT2D eigenvalue weighted by Crippen LogP contribution is 2.44. The van der Waals surface area contributed by atoms with Gasteiger partial charge in [0.2, 0.25) is 0 Å². The zero-order valence-electron chi connectivity index (χ0n) is 18.0. The molecule has 3 aromatic carbocycles. The number of hydrogen-bond donors (Lipinski definition) is 0. The maximum absolute atomic E-state index is 13.2. The van der Waals surface area contributed by atoms with Crippen LogP contribution < -0.4 is 0 Å². The molecule has 162 valence electrons. The number of carbonyl (C=O) groups excluding carboxylic acids is 2. The van der Waals surface area contributed by atoms with Crippen molar-refractivity contribution in [2.24, 2.45) is 0 Å². The molecular formula is C27H25NO4. The number of hydrogen-bond acceptors (Lipinski definition) is 4. The van der Waals surface area contributed by atoms with E-state index in [2.05, 4.69) is 30.3 Å². The molecule has 0 spiro atoms. The average molecular weight is 428 g/mol. The standard InChI is InChI=1S/C27H25NO4/c1-31-26(29)15-20-14-18-8-2-3-9-19(18)16-28(20)27(30)32-17-25-23-12-6-4-10-21(23)22-11-5-7-13-24(22)25/h2-13,20,25H,14-17H2,1H3. The van der Waals surface area contributed by atoms with Gasteiger partial charge in [0, 0.05) is 18.5 Å². The molecule has 2 aliphatic rings. The number of ether oxygens (including phenoxy) is 2. The molecule has 1 atom stereocenters. The third-order valence-corrected chi connectivity index (χ3v) is 6.56. The molecule has 0 bridgehead atoms. The van der Waals surface area contributed by atoms with Crippen LogP contribution in [0.3, 0.4) is 0 Å². The van der Waals surface area contributed by atoms with Crippen LogP contribution in [0.15, 0.2) is 72.8 Å². The van der Waals surface area contributed by atoms with Gasteiger partial charge < -0.3 is 9.47 Å². The first-order valence-corrected chi connectivity index (χ1v) is 10.9. The Hall–Kier alpha value is -3.60. The molecule has 1 aliphatic heterocycles. The summed E-state index contributed by atoms with van der Waals surface area (Å²) in [6.45, 7) is 0.685. The normalized spacial score (nSPS) is 16.7. The van der Waals surface area contributed by atoms with Crippen molar-refractivity contribution in [2.45, 2.75) is 31.3 Å². The average Bonchev–Trinajstić information content (AvgIpc) is 3.15. The van der Waals surface area contributed by atoms with Crippen LogP contribution in [0.5, 0.6) is 0 Å². The predicted octanol–water partition coefficient (Wildman–Crippen LogP) is 4.93. The van der Waals surface area contributed by atoms with Crippen molar-refractivity contribution in [3.8, 4) is 11.1 Å². The second kappa shape index (κ2) is 8.50. The molecule has 32 heavy (non-hydrogen) atoms. The van der Waals surface area contributed by atoms with Crippen LogP contribution in [0.1, 0.15) is 34.6 Å². The summed E-state index contributed by atoms with van der Waals surface area (Å²) >= 11 is 0. The van der Waals surface area contributed by atoms with Crippen LogP contribution in [0, 0.1) is 0 Å². The van der Waals surface area contributed by atoms with E-state index in [0.29, 0.717) is 13.0 Å². The van der Waals surface area contributed by atoms with Gasteiger partial charge in [-0.05, 0) is 39.8 Å². The third-order valence-electron chi connectivity index (χ3n) is 6.56. The Morgan fingerprint density at radius 3 is 2.12 bits per heavy atom. The van der Waals surface area contributed by atoms with E-state index in [1.165, 1.54) is 29.4 Å². The summed E-state index contributed by atoms with van der Waals surface area (Å²) in [5, 5.41) is 0. The summed E-state index contributed by atoms with van der Waals surface area (Å²) in [5.74, 6) is -0.326. The minimum atomic E-state index is -0.393. The van der Waals surface area contributed by atoms with E-state index in [1.54, 1.807) is 4.90 Å². The van der Waals surface area contributed by atoms with Crippen molar-refractivity contribution in [1.29, 1.82) is 0 Å². The summed E-state index contributed by atoms with van der Waals surface area (Å²) in [6, 6.07) is 24.3. The lowest BCUT2D eigenvalue weighted by molar-refractivity contribution is -0.142. The lowest BCUT2D eigenvalue weighted by Crippen LogP contribution is -2.46. The Bertz CT molecular complexity index is 1130. The summed E-state index contributed by atoms with van der Waals surface area (Å²) in [5.41, 5.74) is 6.98. The van der Waals surface area contributed by atoms with E-state index >= 15 is 0 Å². The van der Waals surface area contributed by atoms with Crippen LogP contribution in [-0.2, 0) is 27.2 Å². The molecule has 5 heteroatoms. The lowest BCUT2D eigenvalue weighted by atomic mass is 9.92. The number of esters is 1. The number of nitrogens with zero attached hydrogens (tertiary/aromatic N) is 1. The largest absolute Gasteiger partial charge is 0.469 e. The number of fused-ring (bicyclic) bond motifs is 4. The molecule has 0 saturated heterocycles. The smallest absolute Gasteiger partial charge is 0.410 e. The molecule has 5 rings (SSSR count). The van der Waals surface area contributed by atoms with E-state index < -0.39 is 6.09 Å². The van der Waals surface area contributed by atoms with Crippen molar-refractivity contribution in [3.05, 3.63) is 95.1 Å². The van der Waals surface area contributed by atoms with Gasteiger partial charge in [-0.15, -0.1) is 0 Å². The molecule has 1 aliphatic carbocycles. The Morgan fingerprint density at radius 1 is 0.875 bits per heavy atom. The van der Waals surface area contributed by atoms with Gasteiger partial charge in [-0.1, -0.05) is 72.8 Å². The first kappa shape index (κ1) is 20.3. The Labute approximate surface area is 187 Å². The SMILES string of the molecule is COC(=O)CC1Cc2ccccc2CN1C(=O)OCC1c2ccccc2-c2ccccc21. The summed E-state index contributed by atoms with van der Waals surface area (Å²) in [6.07, 6.45) is 0.361. The van der Waals surface area contributed by atoms with Gasteiger partial charge in [-0.25, -0.2) is 4.79 Å². The second-order valence-electron chi connectivity index (χ2n) is 8.34. The second-order valence-corrected chi connectivity index (χ2v) is 8.34. The van der Waals surface area contributed by atoms with Crippen molar-refractivity contribution >= 4 is 12.1 Å². The van der Waals surface area contributed by atoms with Crippen LogP contribution in [0.4, 0.5) is 4.79 Å². The van der Waals surface area contributed by atoms with Crippen LogP contribution >= 0.6 is 0 Å². The van der Waals surface area contributed by atoms with Gasteiger partial charge in [-0.2, -0.15) is 0 Å². The lowest BCUT2D eigenvalue weighted by Gasteiger charge is -2.36. The number of rotatable bonds is 4. The molecule has 3 aromatic rings. The fourth-order valence-electron chi connectivity index (χ4n) is 4.94. The van der Waals surface area contributed by atoms with Gasteiger partial charge in [0.1, 0.15) is 6.61 Å².